The van der Waals surface area contributed by atoms with Crippen LogP contribution in [0, 0.1) is 18.3 Å². The van der Waals surface area contributed by atoms with Gasteiger partial charge in [0.25, 0.3) is 0 Å². The monoisotopic (exact) mass is 315 g/mol. The van der Waals surface area contributed by atoms with Crippen molar-refractivity contribution in [2.45, 2.75) is 46.1 Å². The first-order chi connectivity index (χ1) is 7.95. The van der Waals surface area contributed by atoms with Crippen molar-refractivity contribution in [3.05, 3.63) is 20.3 Å². The Morgan fingerprint density at radius 3 is 2.65 bits per heavy atom. The highest BCUT2D eigenvalue weighted by Gasteiger charge is 2.40. The largest absolute Gasteiger partial charge is 0.312 e. The number of thiophene rings is 1. The first-order valence-corrected chi connectivity index (χ1v) is 8.00. The molecule has 0 aliphatic heterocycles. The van der Waals surface area contributed by atoms with Gasteiger partial charge in [0.15, 0.2) is 0 Å². The van der Waals surface area contributed by atoms with E-state index in [9.17, 15) is 0 Å². The minimum absolute atomic E-state index is 0.470. The zero-order valence-electron chi connectivity index (χ0n) is 11.1. The molecule has 0 amide bonds. The van der Waals surface area contributed by atoms with Crippen LogP contribution in [0.25, 0.3) is 0 Å². The Balaban J connectivity index is 2.27. The van der Waals surface area contributed by atoms with Gasteiger partial charge >= 0.3 is 0 Å². The van der Waals surface area contributed by atoms with Crippen LogP contribution in [0.1, 0.15) is 49.6 Å². The molecule has 3 heteroatoms. The predicted molar refractivity (Wildman–Crippen MR) is 79.7 cm³/mol. The van der Waals surface area contributed by atoms with Gasteiger partial charge in [-0.3, -0.25) is 0 Å². The Kier molecular flexibility index (Phi) is 4.01. The molecule has 2 unspecified atom stereocenters. The van der Waals surface area contributed by atoms with Crippen molar-refractivity contribution < 1.29 is 0 Å². The summed E-state index contributed by atoms with van der Waals surface area (Å²) in [4.78, 5) is 1.48. The molecule has 1 nitrogen and oxygen atoms in total. The van der Waals surface area contributed by atoms with Crippen LogP contribution in [-0.2, 0) is 0 Å². The molecule has 1 aliphatic carbocycles. The molecule has 2 rings (SSSR count). The van der Waals surface area contributed by atoms with Crippen molar-refractivity contribution in [3.63, 3.8) is 0 Å². The highest BCUT2D eigenvalue weighted by Crippen LogP contribution is 2.50. The molecule has 1 aliphatic rings. The van der Waals surface area contributed by atoms with E-state index in [1.807, 2.05) is 11.3 Å². The van der Waals surface area contributed by atoms with Crippen molar-refractivity contribution in [2.24, 2.45) is 11.3 Å². The molecule has 1 saturated carbocycles. The van der Waals surface area contributed by atoms with E-state index in [2.05, 4.69) is 55.1 Å². The Labute approximate surface area is 117 Å². The van der Waals surface area contributed by atoms with E-state index in [-0.39, 0.29) is 0 Å². The van der Waals surface area contributed by atoms with Crippen molar-refractivity contribution in [1.29, 1.82) is 0 Å². The minimum atomic E-state index is 0.470. The Morgan fingerprint density at radius 2 is 2.24 bits per heavy atom. The first kappa shape index (κ1) is 13.6. The molecule has 96 valence electrons. The predicted octanol–water partition coefficient (Wildman–Crippen LogP) is 4.91. The molecule has 0 aromatic carbocycles. The van der Waals surface area contributed by atoms with Crippen molar-refractivity contribution >= 4 is 27.3 Å². The summed E-state index contributed by atoms with van der Waals surface area (Å²) in [5.74, 6) is 0.762. The Hall–Kier alpha value is 0.140. The molecule has 1 aromatic rings. The van der Waals surface area contributed by atoms with Crippen LogP contribution in [0.15, 0.2) is 9.85 Å². The SMILES string of the molecule is CNC(c1cc(C)c(Br)s1)C1CCCC1(C)C. The molecule has 0 spiro atoms. The maximum Gasteiger partial charge on any atom is 0.0731 e. The highest BCUT2D eigenvalue weighted by molar-refractivity contribution is 9.11. The van der Waals surface area contributed by atoms with E-state index in [1.165, 1.54) is 33.5 Å². The van der Waals surface area contributed by atoms with Gasteiger partial charge in [0.2, 0.25) is 0 Å². The standard InChI is InChI=1S/C14H22BrNS/c1-9-8-11(17-13(9)15)12(16-4)10-6-5-7-14(10,2)3/h8,10,12,16H,5-7H2,1-4H3. The zero-order valence-corrected chi connectivity index (χ0v) is 13.5. The molecule has 0 bridgehead atoms. The van der Waals surface area contributed by atoms with E-state index < -0.39 is 0 Å². The summed E-state index contributed by atoms with van der Waals surface area (Å²) in [5, 5.41) is 3.55. The van der Waals surface area contributed by atoms with Gasteiger partial charge in [-0.05, 0) is 65.7 Å². The van der Waals surface area contributed by atoms with Crippen LogP contribution < -0.4 is 5.32 Å². The van der Waals surface area contributed by atoms with Crippen molar-refractivity contribution in [1.82, 2.24) is 5.32 Å². The molecule has 1 fully saturated rings. The molecule has 1 N–H and O–H groups in total. The Bertz CT molecular complexity index is 377. The lowest BCUT2D eigenvalue weighted by Crippen LogP contribution is -2.31. The van der Waals surface area contributed by atoms with Gasteiger partial charge in [-0.25, -0.2) is 0 Å². The number of hydrogen-bond acceptors (Lipinski definition) is 2. The van der Waals surface area contributed by atoms with Crippen molar-refractivity contribution in [3.8, 4) is 0 Å². The molecular formula is C14H22BrNS. The lowest BCUT2D eigenvalue weighted by molar-refractivity contribution is 0.205. The Morgan fingerprint density at radius 1 is 1.53 bits per heavy atom. The second-order valence-corrected chi connectivity index (χ2v) is 8.26. The molecule has 1 aromatic heterocycles. The zero-order chi connectivity index (χ0) is 12.6. The average Bonchev–Trinajstić information content (AvgIpc) is 2.74. The lowest BCUT2D eigenvalue weighted by atomic mass is 9.77. The van der Waals surface area contributed by atoms with Crippen molar-refractivity contribution in [2.75, 3.05) is 7.05 Å². The smallest absolute Gasteiger partial charge is 0.0731 e. The number of aryl methyl sites for hydroxylation is 1. The van der Waals surface area contributed by atoms with E-state index >= 15 is 0 Å². The van der Waals surface area contributed by atoms with E-state index in [1.54, 1.807) is 0 Å². The van der Waals surface area contributed by atoms with Gasteiger partial charge in [0, 0.05) is 10.9 Å². The van der Waals surface area contributed by atoms with E-state index in [0.29, 0.717) is 11.5 Å². The quantitative estimate of drug-likeness (QED) is 0.836. The molecule has 17 heavy (non-hydrogen) atoms. The number of nitrogens with one attached hydrogen (secondary N) is 1. The van der Waals surface area contributed by atoms with Crippen LogP contribution in [0.2, 0.25) is 0 Å². The molecule has 0 saturated heterocycles. The van der Waals surface area contributed by atoms with Gasteiger partial charge in [0.05, 0.1) is 3.79 Å². The summed E-state index contributed by atoms with van der Waals surface area (Å²) in [5.41, 5.74) is 1.83. The second kappa shape index (κ2) is 5.02. The molecule has 2 atom stereocenters. The summed E-state index contributed by atoms with van der Waals surface area (Å²) in [6.45, 7) is 7.02. The number of halogens is 1. The lowest BCUT2D eigenvalue weighted by Gasteiger charge is -2.33. The maximum atomic E-state index is 3.64. The molecule has 1 heterocycles. The van der Waals surface area contributed by atoms with Crippen LogP contribution in [-0.4, -0.2) is 7.05 Å². The van der Waals surface area contributed by atoms with Gasteiger partial charge in [-0.1, -0.05) is 20.3 Å². The topological polar surface area (TPSA) is 12.0 Å². The summed E-state index contributed by atoms with van der Waals surface area (Å²) in [6.07, 6.45) is 4.09. The van der Waals surface area contributed by atoms with Crippen LogP contribution in [0.5, 0.6) is 0 Å². The van der Waals surface area contributed by atoms with Crippen LogP contribution >= 0.6 is 27.3 Å². The number of hydrogen-bond donors (Lipinski definition) is 1. The minimum Gasteiger partial charge on any atom is -0.312 e. The van der Waals surface area contributed by atoms with Crippen LogP contribution in [0.3, 0.4) is 0 Å². The summed E-state index contributed by atoms with van der Waals surface area (Å²) in [7, 11) is 2.10. The third kappa shape index (κ3) is 2.61. The third-order valence-corrected chi connectivity index (χ3v) is 6.46. The average molecular weight is 316 g/mol. The fraction of sp³-hybridized carbons (Fsp3) is 0.714. The third-order valence-electron chi connectivity index (χ3n) is 4.24. The van der Waals surface area contributed by atoms with E-state index in [0.717, 1.165) is 5.92 Å². The summed E-state index contributed by atoms with van der Waals surface area (Å²) in [6, 6.07) is 2.85. The summed E-state index contributed by atoms with van der Waals surface area (Å²) < 4.78 is 1.28. The molecule has 0 radical (unpaired) electrons. The van der Waals surface area contributed by atoms with Gasteiger partial charge in [0.1, 0.15) is 0 Å². The van der Waals surface area contributed by atoms with Gasteiger partial charge in [-0.2, -0.15) is 0 Å². The molecular weight excluding hydrogens is 294 g/mol. The van der Waals surface area contributed by atoms with Gasteiger partial charge < -0.3 is 5.32 Å². The maximum absolute atomic E-state index is 3.64. The summed E-state index contributed by atoms with van der Waals surface area (Å²) >= 11 is 5.53. The van der Waals surface area contributed by atoms with Gasteiger partial charge in [-0.15, -0.1) is 11.3 Å². The normalized spacial score (nSPS) is 25.1. The highest BCUT2D eigenvalue weighted by atomic mass is 79.9. The first-order valence-electron chi connectivity index (χ1n) is 6.39. The fourth-order valence-corrected chi connectivity index (χ4v) is 4.90. The number of rotatable bonds is 3. The van der Waals surface area contributed by atoms with E-state index in [4.69, 9.17) is 0 Å². The second-order valence-electron chi connectivity index (χ2n) is 5.86. The van der Waals surface area contributed by atoms with Crippen LogP contribution in [0.4, 0.5) is 0 Å². The fourth-order valence-electron chi connectivity index (χ4n) is 3.15.